The minimum Gasteiger partial charge on any atom is -0.508 e. The number of hydrogen-bond donors (Lipinski definition) is 1. The third kappa shape index (κ3) is 2.17. The van der Waals surface area contributed by atoms with Gasteiger partial charge in [0.25, 0.3) is 10.0 Å². The fourth-order valence-corrected chi connectivity index (χ4v) is 2.62. The second-order valence-corrected chi connectivity index (χ2v) is 5.78. The summed E-state index contributed by atoms with van der Waals surface area (Å²) >= 11 is 0. The van der Waals surface area contributed by atoms with Crippen molar-refractivity contribution in [2.45, 2.75) is 5.03 Å². The van der Waals surface area contributed by atoms with E-state index in [4.69, 9.17) is 0 Å². The maximum atomic E-state index is 12.2. The molecule has 1 heterocycles. The molecule has 0 amide bonds. The summed E-state index contributed by atoms with van der Waals surface area (Å²) in [7, 11) is -0.522. The van der Waals surface area contributed by atoms with E-state index in [9.17, 15) is 13.5 Å². The number of aryl methyl sites for hydroxylation is 1. The minimum absolute atomic E-state index is 0.0134. The van der Waals surface area contributed by atoms with E-state index in [1.807, 2.05) is 0 Å². The maximum absolute atomic E-state index is 12.2. The second kappa shape index (κ2) is 4.34. The van der Waals surface area contributed by atoms with Crippen LogP contribution in [0.4, 0.5) is 5.69 Å². The molecule has 0 fully saturated rings. The summed E-state index contributed by atoms with van der Waals surface area (Å²) in [4.78, 5) is 3.84. The number of benzene rings is 1. The van der Waals surface area contributed by atoms with E-state index in [-0.39, 0.29) is 10.8 Å². The van der Waals surface area contributed by atoms with Crippen molar-refractivity contribution in [3.05, 3.63) is 36.8 Å². The lowest BCUT2D eigenvalue weighted by Crippen LogP contribution is -2.26. The smallest absolute Gasteiger partial charge is 0.283 e. The number of anilines is 1. The number of rotatable bonds is 3. The predicted molar refractivity (Wildman–Crippen MR) is 66.9 cm³/mol. The Bertz CT molecular complexity index is 646. The van der Waals surface area contributed by atoms with Gasteiger partial charge in [0.05, 0.1) is 12.0 Å². The lowest BCUT2D eigenvalue weighted by Gasteiger charge is -2.17. The van der Waals surface area contributed by atoms with Gasteiger partial charge < -0.3 is 9.67 Å². The average molecular weight is 267 g/mol. The van der Waals surface area contributed by atoms with E-state index in [0.29, 0.717) is 5.69 Å². The van der Waals surface area contributed by atoms with Gasteiger partial charge in [0, 0.05) is 20.3 Å². The molecule has 0 spiro atoms. The molecule has 0 saturated heterocycles. The molecule has 0 saturated carbocycles. The molecule has 1 aromatic heterocycles. The summed E-state index contributed by atoms with van der Waals surface area (Å²) in [6.07, 6.45) is 2.86. The molecule has 0 aliphatic heterocycles. The van der Waals surface area contributed by atoms with Crippen LogP contribution in [0, 0.1) is 0 Å². The highest BCUT2D eigenvalue weighted by molar-refractivity contribution is 7.92. The first kappa shape index (κ1) is 12.4. The Kier molecular flexibility index (Phi) is 3.00. The van der Waals surface area contributed by atoms with Crippen molar-refractivity contribution in [1.82, 2.24) is 9.55 Å². The van der Waals surface area contributed by atoms with Crippen LogP contribution in [0.1, 0.15) is 0 Å². The summed E-state index contributed by atoms with van der Waals surface area (Å²) in [5.41, 5.74) is 0.457. The van der Waals surface area contributed by atoms with Crippen molar-refractivity contribution in [2.75, 3.05) is 11.4 Å². The van der Waals surface area contributed by atoms with Gasteiger partial charge in [-0.25, -0.2) is 4.98 Å². The van der Waals surface area contributed by atoms with Crippen molar-refractivity contribution >= 4 is 15.7 Å². The quantitative estimate of drug-likeness (QED) is 0.898. The highest BCUT2D eigenvalue weighted by Crippen LogP contribution is 2.22. The number of aromatic nitrogens is 2. The van der Waals surface area contributed by atoms with Gasteiger partial charge >= 0.3 is 0 Å². The molecule has 2 rings (SSSR count). The van der Waals surface area contributed by atoms with Gasteiger partial charge in [-0.2, -0.15) is 8.42 Å². The second-order valence-electron chi connectivity index (χ2n) is 3.87. The first-order valence-corrected chi connectivity index (χ1v) is 6.61. The fraction of sp³-hybridized carbons (Fsp3) is 0.182. The summed E-state index contributed by atoms with van der Waals surface area (Å²) in [6.45, 7) is 0. The molecule has 0 bridgehead atoms. The molecule has 96 valence electrons. The lowest BCUT2D eigenvalue weighted by molar-refractivity contribution is 0.475. The Labute approximate surface area is 105 Å². The van der Waals surface area contributed by atoms with Crippen LogP contribution in [-0.2, 0) is 17.1 Å². The zero-order chi connectivity index (χ0) is 13.3. The number of phenols is 1. The fourth-order valence-electron chi connectivity index (χ4n) is 1.46. The number of hydrogen-bond acceptors (Lipinski definition) is 4. The van der Waals surface area contributed by atoms with Gasteiger partial charge in [-0.15, -0.1) is 0 Å². The van der Waals surface area contributed by atoms with Crippen LogP contribution < -0.4 is 4.31 Å². The van der Waals surface area contributed by atoms with Crippen LogP contribution in [0.15, 0.2) is 41.8 Å². The van der Waals surface area contributed by atoms with Crippen LogP contribution in [0.2, 0.25) is 0 Å². The highest BCUT2D eigenvalue weighted by Gasteiger charge is 2.23. The van der Waals surface area contributed by atoms with Crippen molar-refractivity contribution in [1.29, 1.82) is 0 Å². The molecular formula is C11H13N3O3S. The van der Waals surface area contributed by atoms with Gasteiger partial charge in [0.2, 0.25) is 0 Å². The first-order valence-electron chi connectivity index (χ1n) is 5.17. The van der Waals surface area contributed by atoms with Crippen LogP contribution >= 0.6 is 0 Å². The molecule has 0 atom stereocenters. The first-order chi connectivity index (χ1) is 8.41. The van der Waals surface area contributed by atoms with E-state index >= 15 is 0 Å². The number of phenolic OH excluding ortho intramolecular Hbond substituents is 1. The normalized spacial score (nSPS) is 11.4. The molecular weight excluding hydrogens is 254 g/mol. The van der Waals surface area contributed by atoms with Crippen LogP contribution in [0.5, 0.6) is 5.75 Å². The molecule has 0 unspecified atom stereocenters. The van der Waals surface area contributed by atoms with Crippen molar-refractivity contribution in [2.24, 2.45) is 7.05 Å². The largest absolute Gasteiger partial charge is 0.508 e. The predicted octanol–water partition coefficient (Wildman–Crippen LogP) is 0.951. The third-order valence-corrected chi connectivity index (χ3v) is 4.19. The van der Waals surface area contributed by atoms with Crippen LogP contribution in [0.25, 0.3) is 0 Å². The number of nitrogens with zero attached hydrogens (tertiary/aromatic N) is 3. The average Bonchev–Trinajstić information content (AvgIpc) is 2.76. The van der Waals surface area contributed by atoms with E-state index in [0.717, 1.165) is 4.31 Å². The van der Waals surface area contributed by atoms with Crippen molar-refractivity contribution < 1.29 is 13.5 Å². The molecule has 6 nitrogen and oxygen atoms in total. The molecule has 2 aromatic rings. The van der Waals surface area contributed by atoms with Gasteiger partial charge in [-0.3, -0.25) is 4.31 Å². The standard InChI is InChI=1S/C11H13N3O3S/c1-13-7-11(12-8-13)18(16,17)14(2)9-3-5-10(15)6-4-9/h3-8,15H,1-2H3. The van der Waals surface area contributed by atoms with E-state index in [1.165, 1.54) is 43.8 Å². The van der Waals surface area contributed by atoms with Gasteiger partial charge in [-0.05, 0) is 24.3 Å². The Balaban J connectivity index is 2.39. The molecule has 18 heavy (non-hydrogen) atoms. The van der Waals surface area contributed by atoms with Crippen molar-refractivity contribution in [3.8, 4) is 5.75 Å². The Morgan fingerprint density at radius 3 is 2.39 bits per heavy atom. The van der Waals surface area contributed by atoms with Crippen molar-refractivity contribution in [3.63, 3.8) is 0 Å². The van der Waals surface area contributed by atoms with Gasteiger partial charge in [-0.1, -0.05) is 0 Å². The van der Waals surface area contributed by atoms with Gasteiger partial charge in [0.1, 0.15) is 5.75 Å². The highest BCUT2D eigenvalue weighted by atomic mass is 32.2. The van der Waals surface area contributed by atoms with Crippen LogP contribution in [0.3, 0.4) is 0 Å². The Morgan fingerprint density at radius 1 is 1.28 bits per heavy atom. The maximum Gasteiger partial charge on any atom is 0.283 e. The zero-order valence-corrected chi connectivity index (χ0v) is 10.8. The monoisotopic (exact) mass is 267 g/mol. The Hall–Kier alpha value is -2.02. The topological polar surface area (TPSA) is 75.4 Å². The molecule has 1 N–H and O–H groups in total. The summed E-state index contributed by atoms with van der Waals surface area (Å²) < 4.78 is 27.1. The third-order valence-electron chi connectivity index (χ3n) is 2.52. The summed E-state index contributed by atoms with van der Waals surface area (Å²) in [6, 6.07) is 5.91. The number of sulfonamides is 1. The number of imidazole rings is 1. The summed E-state index contributed by atoms with van der Waals surface area (Å²) in [5.74, 6) is 0.0855. The van der Waals surface area contributed by atoms with E-state index in [2.05, 4.69) is 4.98 Å². The molecule has 7 heteroatoms. The minimum atomic E-state index is -3.66. The zero-order valence-electron chi connectivity index (χ0n) is 9.98. The van der Waals surface area contributed by atoms with E-state index in [1.54, 1.807) is 11.6 Å². The van der Waals surface area contributed by atoms with Gasteiger partial charge in [0.15, 0.2) is 5.03 Å². The molecule has 1 aromatic carbocycles. The number of aromatic hydroxyl groups is 1. The lowest BCUT2D eigenvalue weighted by atomic mass is 10.3. The molecule has 0 radical (unpaired) electrons. The Morgan fingerprint density at radius 2 is 1.89 bits per heavy atom. The SMILES string of the molecule is CN(c1ccc(O)cc1)S(=O)(=O)c1cn(C)cn1. The molecule has 0 aliphatic carbocycles. The van der Waals surface area contributed by atoms with Crippen LogP contribution in [-0.4, -0.2) is 30.1 Å². The van der Waals surface area contributed by atoms with E-state index < -0.39 is 10.0 Å². The summed E-state index contributed by atoms with van der Waals surface area (Å²) in [5, 5.41) is 9.16. The molecule has 0 aliphatic rings.